The average molecular weight is 544 g/mol. The zero-order valence-electron chi connectivity index (χ0n) is 21.6. The number of carbonyl (C=O) groups is 3. The Bertz CT molecular complexity index is 1450. The fraction of sp³-hybridized carbons (Fsp3) is 0.172. The summed E-state index contributed by atoms with van der Waals surface area (Å²) in [5, 5.41) is 2.96. The Hall–Kier alpha value is -4.70. The Kier molecular flexibility index (Phi) is 8.57. The topological polar surface area (TPSA) is 141 Å². The van der Waals surface area contributed by atoms with Crippen molar-refractivity contribution in [2.45, 2.75) is 25.9 Å². The van der Waals surface area contributed by atoms with Crippen LogP contribution in [0.2, 0.25) is 0 Å². The van der Waals surface area contributed by atoms with Gasteiger partial charge in [-0.2, -0.15) is 4.37 Å². The van der Waals surface area contributed by atoms with Gasteiger partial charge in [0, 0.05) is 12.2 Å². The number of hydrogen-bond donors (Lipinski definition) is 3. The van der Waals surface area contributed by atoms with Crippen molar-refractivity contribution in [3.05, 3.63) is 106 Å². The summed E-state index contributed by atoms with van der Waals surface area (Å²) < 4.78 is 9.29. The molecule has 1 heterocycles. The number of amides is 3. The molecule has 4 rings (SSSR count). The first kappa shape index (κ1) is 27.3. The fourth-order valence-electron chi connectivity index (χ4n) is 4.10. The second-order valence-corrected chi connectivity index (χ2v) is 9.49. The normalized spacial score (nSPS) is 11.4. The van der Waals surface area contributed by atoms with Gasteiger partial charge in [-0.15, -0.1) is 0 Å². The lowest BCUT2D eigenvalue weighted by atomic mass is 10.0. The van der Waals surface area contributed by atoms with E-state index in [9.17, 15) is 14.4 Å². The maximum Gasteiger partial charge on any atom is 0.273 e. The number of nitrogens with one attached hydrogen (secondary N) is 1. The lowest BCUT2D eigenvalue weighted by Crippen LogP contribution is -2.44. The predicted molar refractivity (Wildman–Crippen MR) is 152 cm³/mol. The number of benzene rings is 3. The number of nitrogens with two attached hydrogens (primary N) is 2. The van der Waals surface area contributed by atoms with Crippen LogP contribution in [-0.4, -0.2) is 29.2 Å². The van der Waals surface area contributed by atoms with Crippen LogP contribution >= 0.6 is 11.5 Å². The average Bonchev–Trinajstić information content (AvgIpc) is 3.36. The highest BCUT2D eigenvalue weighted by Crippen LogP contribution is 2.34. The van der Waals surface area contributed by atoms with Gasteiger partial charge in [-0.1, -0.05) is 61.5 Å². The summed E-state index contributed by atoms with van der Waals surface area (Å²) in [5.74, 6) is -1.23. The Morgan fingerprint density at radius 2 is 1.64 bits per heavy atom. The molecule has 0 spiro atoms. The monoisotopic (exact) mass is 543 g/mol. The van der Waals surface area contributed by atoms with Gasteiger partial charge in [-0.25, -0.2) is 0 Å². The van der Waals surface area contributed by atoms with Crippen molar-refractivity contribution in [3.8, 4) is 5.75 Å². The molecule has 4 aromatic rings. The molecule has 0 fully saturated rings. The first-order valence-electron chi connectivity index (χ1n) is 12.3. The zero-order valence-corrected chi connectivity index (χ0v) is 22.4. The lowest BCUT2D eigenvalue weighted by Gasteiger charge is -2.31. The van der Waals surface area contributed by atoms with Crippen LogP contribution < -0.4 is 26.4 Å². The molecule has 0 radical (unpaired) electrons. The van der Waals surface area contributed by atoms with Gasteiger partial charge in [0.15, 0.2) is 5.69 Å². The third-order valence-electron chi connectivity index (χ3n) is 6.24. The van der Waals surface area contributed by atoms with Crippen LogP contribution in [0.5, 0.6) is 5.75 Å². The molecule has 0 bridgehead atoms. The number of rotatable bonds is 10. The predicted octanol–water partition coefficient (Wildman–Crippen LogP) is 4.10. The molecule has 200 valence electrons. The van der Waals surface area contributed by atoms with E-state index in [2.05, 4.69) is 9.69 Å². The minimum atomic E-state index is -1.09. The van der Waals surface area contributed by atoms with Gasteiger partial charge in [0.25, 0.3) is 11.8 Å². The van der Waals surface area contributed by atoms with E-state index in [1.54, 1.807) is 43.5 Å². The van der Waals surface area contributed by atoms with E-state index in [-0.39, 0.29) is 22.8 Å². The van der Waals surface area contributed by atoms with Crippen LogP contribution in [0, 0.1) is 0 Å². The molecule has 1 aromatic heterocycles. The molecule has 0 saturated carbocycles. The summed E-state index contributed by atoms with van der Waals surface area (Å²) in [6.07, 6.45) is 0.803. The fourth-order valence-corrected chi connectivity index (χ4v) is 4.84. The quantitative estimate of drug-likeness (QED) is 0.275. The zero-order chi connectivity index (χ0) is 27.9. The summed E-state index contributed by atoms with van der Waals surface area (Å²) in [6.45, 7) is 2.29. The van der Waals surface area contributed by atoms with Gasteiger partial charge in [-0.3, -0.25) is 19.3 Å². The Labute approximate surface area is 230 Å². The number of methoxy groups -OCH3 is 1. The van der Waals surface area contributed by atoms with E-state index in [1.807, 2.05) is 49.4 Å². The van der Waals surface area contributed by atoms with Crippen molar-refractivity contribution in [1.82, 2.24) is 9.69 Å². The molecule has 10 heteroatoms. The largest absolute Gasteiger partial charge is 0.497 e. The van der Waals surface area contributed by atoms with Gasteiger partial charge in [0.2, 0.25) is 5.91 Å². The van der Waals surface area contributed by atoms with E-state index in [1.165, 1.54) is 4.90 Å². The number of primary amides is 1. The maximum atomic E-state index is 14.1. The van der Waals surface area contributed by atoms with Gasteiger partial charge < -0.3 is 21.5 Å². The van der Waals surface area contributed by atoms with E-state index in [0.717, 1.165) is 29.1 Å². The maximum absolute atomic E-state index is 14.1. The Morgan fingerprint density at radius 1 is 0.974 bits per heavy atom. The number of ether oxygens (including phenoxy) is 1. The summed E-state index contributed by atoms with van der Waals surface area (Å²) >= 11 is 0.765. The summed E-state index contributed by atoms with van der Waals surface area (Å²) in [6, 6.07) is 22.7. The molecular formula is C29H29N5O4S. The third kappa shape index (κ3) is 6.07. The summed E-state index contributed by atoms with van der Waals surface area (Å²) in [7, 11) is 1.55. The number of aromatic nitrogens is 1. The van der Waals surface area contributed by atoms with Crippen LogP contribution in [0.3, 0.4) is 0 Å². The van der Waals surface area contributed by atoms with Crippen LogP contribution in [0.25, 0.3) is 0 Å². The van der Waals surface area contributed by atoms with Crippen molar-refractivity contribution in [1.29, 1.82) is 0 Å². The van der Waals surface area contributed by atoms with Gasteiger partial charge in [0.05, 0.1) is 12.8 Å². The van der Waals surface area contributed by atoms with Crippen molar-refractivity contribution in [3.63, 3.8) is 0 Å². The van der Waals surface area contributed by atoms with E-state index < -0.39 is 23.8 Å². The number of carbonyl (C=O) groups excluding carboxylic acids is 3. The molecule has 5 N–H and O–H groups in total. The highest BCUT2D eigenvalue weighted by molar-refractivity contribution is 7.09. The number of nitrogens with zero attached hydrogens (tertiary/aromatic N) is 2. The van der Waals surface area contributed by atoms with Crippen molar-refractivity contribution in [2.75, 3.05) is 17.7 Å². The molecule has 1 atom stereocenters. The second-order valence-electron chi connectivity index (χ2n) is 8.71. The minimum Gasteiger partial charge on any atom is -0.497 e. The highest BCUT2D eigenvalue weighted by atomic mass is 32.1. The van der Waals surface area contributed by atoms with Crippen molar-refractivity contribution >= 4 is 40.6 Å². The molecule has 3 aromatic carbocycles. The number of aryl methyl sites for hydroxylation is 1. The summed E-state index contributed by atoms with van der Waals surface area (Å²) in [4.78, 5) is 41.2. The molecule has 0 aliphatic carbocycles. The Balaban J connectivity index is 1.83. The van der Waals surface area contributed by atoms with Crippen molar-refractivity contribution < 1.29 is 19.1 Å². The molecule has 9 nitrogen and oxygen atoms in total. The highest BCUT2D eigenvalue weighted by Gasteiger charge is 2.36. The molecular weight excluding hydrogens is 514 g/mol. The molecule has 0 aliphatic rings. The minimum absolute atomic E-state index is 0.0118. The van der Waals surface area contributed by atoms with Crippen LogP contribution in [0.1, 0.15) is 49.8 Å². The molecule has 39 heavy (non-hydrogen) atoms. The van der Waals surface area contributed by atoms with E-state index in [0.29, 0.717) is 17.0 Å². The Morgan fingerprint density at radius 3 is 2.21 bits per heavy atom. The SMILES string of the molecule is CCc1ccc(N(C(=O)c2snc(C(N)=O)c2N)[C@@H](C(=O)NCc2ccccc2)c2ccc(OC)cc2)cc1. The third-order valence-corrected chi connectivity index (χ3v) is 7.10. The van der Waals surface area contributed by atoms with Crippen LogP contribution in [-0.2, 0) is 17.8 Å². The molecule has 0 unspecified atom stereocenters. The van der Waals surface area contributed by atoms with E-state index >= 15 is 0 Å². The smallest absolute Gasteiger partial charge is 0.273 e. The van der Waals surface area contributed by atoms with Crippen LogP contribution in [0.4, 0.5) is 11.4 Å². The lowest BCUT2D eigenvalue weighted by molar-refractivity contribution is -0.122. The molecule has 3 amide bonds. The van der Waals surface area contributed by atoms with Gasteiger partial charge in [-0.05, 0) is 58.9 Å². The summed E-state index contributed by atoms with van der Waals surface area (Å²) in [5.41, 5.74) is 14.2. The van der Waals surface area contributed by atoms with E-state index in [4.69, 9.17) is 16.2 Å². The number of anilines is 2. The van der Waals surface area contributed by atoms with Crippen molar-refractivity contribution in [2.24, 2.45) is 5.73 Å². The standard InChI is InChI=1S/C29H29N5O4S/c1-3-18-9-13-21(14-10-18)34(29(37)26-23(30)24(27(31)35)33-39-26)25(20-11-15-22(38-2)16-12-20)28(36)32-17-19-7-5-4-6-8-19/h4-16,25H,3,17,30H2,1-2H3,(H2,31,35)(H,32,36)/t25-/m1/s1. The second kappa shape index (κ2) is 12.2. The molecule has 0 aliphatic heterocycles. The molecule has 0 saturated heterocycles. The van der Waals surface area contributed by atoms with Gasteiger partial charge in [0.1, 0.15) is 16.7 Å². The van der Waals surface area contributed by atoms with Gasteiger partial charge >= 0.3 is 0 Å². The first-order valence-corrected chi connectivity index (χ1v) is 13.0. The van der Waals surface area contributed by atoms with Crippen LogP contribution in [0.15, 0.2) is 78.9 Å². The first-order chi connectivity index (χ1) is 18.8. The number of nitrogen functional groups attached to an aromatic ring is 1. The number of hydrogen-bond acceptors (Lipinski definition) is 7.